The van der Waals surface area contributed by atoms with E-state index in [2.05, 4.69) is 15.3 Å². The molecule has 1 unspecified atom stereocenters. The highest BCUT2D eigenvalue weighted by atomic mass is 19.4. The molecule has 0 radical (unpaired) electrons. The summed E-state index contributed by atoms with van der Waals surface area (Å²) in [6.45, 7) is 3.58. The SMILES string of the molecule is CCNc1nc(N2CCC(CCO)C2)cc(C(F)(F)F)n1. The van der Waals surface area contributed by atoms with Gasteiger partial charge < -0.3 is 15.3 Å². The molecule has 0 bridgehead atoms. The van der Waals surface area contributed by atoms with Crippen molar-refractivity contribution in [2.24, 2.45) is 5.92 Å². The van der Waals surface area contributed by atoms with Crippen molar-refractivity contribution in [3.8, 4) is 0 Å². The van der Waals surface area contributed by atoms with E-state index in [4.69, 9.17) is 5.11 Å². The lowest BCUT2D eigenvalue weighted by Gasteiger charge is -2.19. The van der Waals surface area contributed by atoms with Crippen molar-refractivity contribution in [1.29, 1.82) is 0 Å². The van der Waals surface area contributed by atoms with E-state index >= 15 is 0 Å². The number of alkyl halides is 3. The van der Waals surface area contributed by atoms with Gasteiger partial charge in [0.25, 0.3) is 0 Å². The molecule has 118 valence electrons. The first-order chi connectivity index (χ1) is 9.94. The van der Waals surface area contributed by atoms with Crippen molar-refractivity contribution >= 4 is 11.8 Å². The molecule has 1 fully saturated rings. The maximum absolute atomic E-state index is 12.9. The number of nitrogens with one attached hydrogen (secondary N) is 1. The third-order valence-corrected chi connectivity index (χ3v) is 3.49. The predicted molar refractivity (Wildman–Crippen MR) is 73.2 cm³/mol. The molecule has 8 heteroatoms. The Kier molecular flexibility index (Phi) is 4.87. The van der Waals surface area contributed by atoms with Gasteiger partial charge in [-0.25, -0.2) is 4.98 Å². The van der Waals surface area contributed by atoms with E-state index < -0.39 is 11.9 Å². The average molecular weight is 304 g/mol. The molecule has 0 spiro atoms. The summed E-state index contributed by atoms with van der Waals surface area (Å²) in [5, 5.41) is 11.7. The maximum atomic E-state index is 12.9. The number of nitrogens with zero attached hydrogens (tertiary/aromatic N) is 3. The van der Waals surface area contributed by atoms with Gasteiger partial charge in [-0.1, -0.05) is 0 Å². The van der Waals surface area contributed by atoms with Gasteiger partial charge in [-0.05, 0) is 25.7 Å². The number of anilines is 2. The van der Waals surface area contributed by atoms with Crippen molar-refractivity contribution in [1.82, 2.24) is 9.97 Å². The summed E-state index contributed by atoms with van der Waals surface area (Å²) >= 11 is 0. The molecule has 2 N–H and O–H groups in total. The van der Waals surface area contributed by atoms with Crippen molar-refractivity contribution in [3.63, 3.8) is 0 Å². The second-order valence-electron chi connectivity index (χ2n) is 5.08. The van der Waals surface area contributed by atoms with Crippen molar-refractivity contribution < 1.29 is 18.3 Å². The fourth-order valence-corrected chi connectivity index (χ4v) is 2.44. The molecule has 1 aromatic heterocycles. The summed E-state index contributed by atoms with van der Waals surface area (Å²) in [5.74, 6) is 0.573. The lowest BCUT2D eigenvalue weighted by atomic mass is 10.1. The third kappa shape index (κ3) is 3.96. The van der Waals surface area contributed by atoms with E-state index in [9.17, 15) is 13.2 Å². The Balaban J connectivity index is 2.24. The van der Waals surface area contributed by atoms with Gasteiger partial charge in [0.15, 0.2) is 5.69 Å². The van der Waals surface area contributed by atoms with Crippen LogP contribution in [0.25, 0.3) is 0 Å². The molecule has 5 nitrogen and oxygen atoms in total. The van der Waals surface area contributed by atoms with Gasteiger partial charge in [0, 0.05) is 32.3 Å². The van der Waals surface area contributed by atoms with Gasteiger partial charge in [-0.15, -0.1) is 0 Å². The van der Waals surface area contributed by atoms with E-state index in [0.29, 0.717) is 32.0 Å². The first kappa shape index (κ1) is 15.8. The Bertz CT molecular complexity index is 481. The molecule has 0 amide bonds. The third-order valence-electron chi connectivity index (χ3n) is 3.49. The Morgan fingerprint density at radius 1 is 1.43 bits per heavy atom. The van der Waals surface area contributed by atoms with Crippen LogP contribution >= 0.6 is 0 Å². The van der Waals surface area contributed by atoms with Gasteiger partial charge >= 0.3 is 6.18 Å². The number of aliphatic hydroxyl groups is 1. The molecule has 1 aliphatic rings. The number of rotatable bonds is 5. The van der Waals surface area contributed by atoms with Crippen LogP contribution in [-0.4, -0.2) is 41.3 Å². The molecule has 1 saturated heterocycles. The summed E-state index contributed by atoms with van der Waals surface area (Å²) in [4.78, 5) is 9.48. The summed E-state index contributed by atoms with van der Waals surface area (Å²) in [7, 11) is 0. The van der Waals surface area contributed by atoms with Gasteiger partial charge in [0.2, 0.25) is 5.95 Å². The van der Waals surface area contributed by atoms with Crippen LogP contribution in [0.3, 0.4) is 0 Å². The summed E-state index contributed by atoms with van der Waals surface area (Å²) < 4.78 is 38.7. The zero-order valence-corrected chi connectivity index (χ0v) is 11.8. The highest BCUT2D eigenvalue weighted by Crippen LogP contribution is 2.32. The molecular weight excluding hydrogens is 285 g/mol. The normalized spacial score (nSPS) is 19.1. The van der Waals surface area contributed by atoms with Crippen LogP contribution in [0.15, 0.2) is 6.07 Å². The quantitative estimate of drug-likeness (QED) is 0.872. The molecule has 0 aliphatic carbocycles. The van der Waals surface area contributed by atoms with Crippen molar-refractivity contribution in [3.05, 3.63) is 11.8 Å². The zero-order valence-electron chi connectivity index (χ0n) is 11.8. The van der Waals surface area contributed by atoms with E-state index in [1.807, 2.05) is 4.90 Å². The highest BCUT2D eigenvalue weighted by molar-refractivity contribution is 5.46. The zero-order chi connectivity index (χ0) is 15.5. The van der Waals surface area contributed by atoms with Gasteiger partial charge in [0.05, 0.1) is 0 Å². The fourth-order valence-electron chi connectivity index (χ4n) is 2.44. The van der Waals surface area contributed by atoms with Crippen molar-refractivity contribution in [2.75, 3.05) is 36.5 Å². The Morgan fingerprint density at radius 3 is 2.81 bits per heavy atom. The largest absolute Gasteiger partial charge is 0.433 e. The summed E-state index contributed by atoms with van der Waals surface area (Å²) in [6.07, 6.45) is -2.98. The second-order valence-corrected chi connectivity index (χ2v) is 5.08. The minimum atomic E-state index is -4.49. The van der Waals surface area contributed by atoms with Crippen LogP contribution < -0.4 is 10.2 Å². The molecule has 21 heavy (non-hydrogen) atoms. The van der Waals surface area contributed by atoms with Gasteiger partial charge in [-0.3, -0.25) is 0 Å². The standard InChI is InChI=1S/C13H19F3N4O/c1-2-17-12-18-10(13(14,15)16)7-11(19-12)20-5-3-9(8-20)4-6-21/h7,9,21H,2-6,8H2,1H3,(H,17,18,19). The predicted octanol–water partition coefficient (Wildman–Crippen LogP) is 2.14. The molecule has 2 rings (SSSR count). The molecule has 0 saturated carbocycles. The van der Waals surface area contributed by atoms with E-state index in [1.54, 1.807) is 6.92 Å². The van der Waals surface area contributed by atoms with Crippen LogP contribution in [0.5, 0.6) is 0 Å². The van der Waals surface area contributed by atoms with Crippen LogP contribution in [0.1, 0.15) is 25.5 Å². The molecule has 0 aromatic carbocycles. The lowest BCUT2D eigenvalue weighted by Crippen LogP contribution is -2.23. The summed E-state index contributed by atoms with van der Waals surface area (Å²) in [6, 6.07) is 0.988. The Labute approximate surface area is 121 Å². The number of aromatic nitrogens is 2. The number of hydrogen-bond donors (Lipinski definition) is 2. The number of hydrogen-bond acceptors (Lipinski definition) is 5. The highest BCUT2D eigenvalue weighted by Gasteiger charge is 2.35. The number of halogens is 3. The van der Waals surface area contributed by atoms with Crippen molar-refractivity contribution in [2.45, 2.75) is 25.9 Å². The van der Waals surface area contributed by atoms with Gasteiger partial charge in [-0.2, -0.15) is 18.2 Å². The van der Waals surface area contributed by atoms with E-state index in [-0.39, 0.29) is 18.4 Å². The molecule has 1 aliphatic heterocycles. The van der Waals surface area contributed by atoms with Crippen LogP contribution in [0.4, 0.5) is 24.9 Å². The van der Waals surface area contributed by atoms with Crippen LogP contribution in [0.2, 0.25) is 0 Å². The molecule has 1 atom stereocenters. The second kappa shape index (κ2) is 6.46. The van der Waals surface area contributed by atoms with Gasteiger partial charge in [0.1, 0.15) is 5.82 Å². The molecule has 2 heterocycles. The van der Waals surface area contributed by atoms with E-state index in [1.165, 1.54) is 0 Å². The number of aliphatic hydroxyl groups excluding tert-OH is 1. The lowest BCUT2D eigenvalue weighted by molar-refractivity contribution is -0.141. The van der Waals surface area contributed by atoms with Crippen LogP contribution in [0, 0.1) is 5.92 Å². The Morgan fingerprint density at radius 2 is 2.19 bits per heavy atom. The van der Waals surface area contributed by atoms with Crippen LogP contribution in [-0.2, 0) is 6.18 Å². The molecular formula is C13H19F3N4O. The summed E-state index contributed by atoms with van der Waals surface area (Å²) in [5.41, 5.74) is -0.936. The molecule has 1 aromatic rings. The topological polar surface area (TPSA) is 61.3 Å². The monoisotopic (exact) mass is 304 g/mol. The smallest absolute Gasteiger partial charge is 0.396 e. The van der Waals surface area contributed by atoms with E-state index in [0.717, 1.165) is 12.5 Å². The Hall–Kier alpha value is -1.57. The fraction of sp³-hybridized carbons (Fsp3) is 0.692. The average Bonchev–Trinajstić information content (AvgIpc) is 2.87. The first-order valence-electron chi connectivity index (χ1n) is 7.00. The minimum absolute atomic E-state index is 0.00654. The first-order valence-corrected chi connectivity index (χ1v) is 7.00. The minimum Gasteiger partial charge on any atom is -0.396 e. The maximum Gasteiger partial charge on any atom is 0.433 e.